The maximum atomic E-state index is 12.3. The zero-order valence-corrected chi connectivity index (χ0v) is 12.6. The molecule has 4 rings (SSSR count). The molecule has 0 radical (unpaired) electrons. The molecule has 0 fully saturated rings. The summed E-state index contributed by atoms with van der Waals surface area (Å²) in [5.74, 6) is 0.0901. The third-order valence-electron chi connectivity index (χ3n) is 3.79. The number of anilines is 1. The van der Waals surface area contributed by atoms with E-state index in [1.54, 1.807) is 24.4 Å². The number of sulfonamides is 1. The lowest BCUT2D eigenvalue weighted by atomic mass is 10.1. The molecule has 7 heteroatoms. The summed E-state index contributed by atoms with van der Waals surface area (Å²) in [6, 6.07) is 9.19. The van der Waals surface area contributed by atoms with E-state index in [9.17, 15) is 18.6 Å². The average Bonchev–Trinajstić information content (AvgIpc) is 2.99. The zero-order chi connectivity index (χ0) is 16.2. The van der Waals surface area contributed by atoms with Crippen LogP contribution in [0.4, 0.5) is 5.69 Å². The Bertz CT molecular complexity index is 1080. The Morgan fingerprint density at radius 1 is 1.00 bits per heavy atom. The third kappa shape index (κ3) is 2.13. The largest absolute Gasteiger partial charge is 0.508 e. The van der Waals surface area contributed by atoms with Gasteiger partial charge in [0.1, 0.15) is 11.5 Å². The maximum absolute atomic E-state index is 12.3. The zero-order valence-electron chi connectivity index (χ0n) is 11.7. The van der Waals surface area contributed by atoms with Gasteiger partial charge in [0, 0.05) is 28.2 Å². The van der Waals surface area contributed by atoms with Crippen molar-refractivity contribution in [3.8, 4) is 11.5 Å². The number of phenols is 2. The van der Waals surface area contributed by atoms with Crippen LogP contribution in [0.1, 0.15) is 11.1 Å². The number of fused-ring (bicyclic) bond motifs is 2. The summed E-state index contributed by atoms with van der Waals surface area (Å²) in [5.41, 5.74) is 2.26. The van der Waals surface area contributed by atoms with Gasteiger partial charge >= 0.3 is 0 Å². The monoisotopic (exact) mass is 328 g/mol. The number of benzene rings is 2. The lowest BCUT2D eigenvalue weighted by molar-refractivity contribution is 0.475. The summed E-state index contributed by atoms with van der Waals surface area (Å²) in [4.78, 5) is 3.11. The van der Waals surface area contributed by atoms with Crippen molar-refractivity contribution in [1.82, 2.24) is 4.98 Å². The first-order chi connectivity index (χ1) is 10.9. The fourth-order valence-electron chi connectivity index (χ4n) is 2.72. The Kier molecular flexibility index (Phi) is 2.70. The Hall–Kier alpha value is -2.93. The lowest BCUT2D eigenvalue weighted by Crippen LogP contribution is -2.05. The van der Waals surface area contributed by atoms with Crippen molar-refractivity contribution in [2.45, 2.75) is 0 Å². The number of hydrogen-bond acceptors (Lipinski definition) is 4. The molecule has 0 saturated heterocycles. The Balaban J connectivity index is 1.97. The van der Waals surface area contributed by atoms with Gasteiger partial charge in [-0.2, -0.15) is 0 Å². The summed E-state index contributed by atoms with van der Waals surface area (Å²) in [7, 11) is -3.69. The minimum atomic E-state index is -3.69. The van der Waals surface area contributed by atoms with Crippen LogP contribution in [0, 0.1) is 0 Å². The predicted molar refractivity (Wildman–Crippen MR) is 88.5 cm³/mol. The molecule has 0 atom stereocenters. The van der Waals surface area contributed by atoms with Gasteiger partial charge in [-0.25, -0.2) is 8.42 Å². The van der Waals surface area contributed by atoms with Crippen LogP contribution in [0.3, 0.4) is 0 Å². The van der Waals surface area contributed by atoms with Gasteiger partial charge in [0.2, 0.25) is 0 Å². The molecule has 116 valence electrons. The van der Waals surface area contributed by atoms with Crippen LogP contribution in [0.2, 0.25) is 0 Å². The summed E-state index contributed by atoms with van der Waals surface area (Å²) in [6.07, 6.45) is 3.19. The average molecular weight is 328 g/mol. The maximum Gasteiger partial charge on any atom is 0.262 e. The van der Waals surface area contributed by atoms with Crippen LogP contribution in [0.5, 0.6) is 11.5 Å². The summed E-state index contributed by atoms with van der Waals surface area (Å²) in [6.45, 7) is 0. The first kappa shape index (κ1) is 13.7. The van der Waals surface area contributed by atoms with Crippen LogP contribution in [0.25, 0.3) is 21.9 Å². The lowest BCUT2D eigenvalue weighted by Gasteiger charge is -2.00. The summed E-state index contributed by atoms with van der Waals surface area (Å²) >= 11 is 0. The molecule has 4 N–H and O–H groups in total. The van der Waals surface area contributed by atoms with Crippen LogP contribution < -0.4 is 4.72 Å². The van der Waals surface area contributed by atoms with Crippen molar-refractivity contribution >= 4 is 37.6 Å². The van der Waals surface area contributed by atoms with Gasteiger partial charge in [-0.3, -0.25) is 4.72 Å². The molecule has 0 saturated carbocycles. The first-order valence-corrected chi connectivity index (χ1v) is 8.30. The standard InChI is InChI=1S/C16H12N2O4S/c19-10-1-3-14-12(6-10)9(8-17-14)5-16-13-7-11(20)2-4-15(13)18-23(16,21)22/h1-8,17-20H. The number of aromatic nitrogens is 1. The van der Waals surface area contributed by atoms with Gasteiger partial charge in [-0.05, 0) is 42.5 Å². The second-order valence-electron chi connectivity index (χ2n) is 5.32. The molecule has 0 aliphatic carbocycles. The molecule has 0 amide bonds. The molecule has 0 unspecified atom stereocenters. The summed E-state index contributed by atoms with van der Waals surface area (Å²) < 4.78 is 27.1. The molecule has 0 bridgehead atoms. The number of phenolic OH excluding ortho intramolecular Hbond substituents is 2. The topological polar surface area (TPSA) is 102 Å². The predicted octanol–water partition coefficient (Wildman–Crippen LogP) is 2.83. The highest BCUT2D eigenvalue weighted by Crippen LogP contribution is 2.40. The molecule has 1 aliphatic rings. The van der Waals surface area contributed by atoms with E-state index in [0.717, 1.165) is 5.52 Å². The molecular formula is C16H12N2O4S. The highest BCUT2D eigenvalue weighted by atomic mass is 32.2. The van der Waals surface area contributed by atoms with Crippen LogP contribution in [0.15, 0.2) is 42.6 Å². The van der Waals surface area contributed by atoms with E-state index in [1.165, 1.54) is 24.3 Å². The highest BCUT2D eigenvalue weighted by molar-refractivity contribution is 8.02. The number of rotatable bonds is 1. The number of hydrogen-bond donors (Lipinski definition) is 4. The fraction of sp³-hybridized carbons (Fsp3) is 0. The first-order valence-electron chi connectivity index (χ1n) is 6.82. The van der Waals surface area contributed by atoms with Crippen LogP contribution in [-0.2, 0) is 10.0 Å². The third-order valence-corrected chi connectivity index (χ3v) is 5.19. The van der Waals surface area contributed by atoms with Gasteiger partial charge in [0.15, 0.2) is 0 Å². The van der Waals surface area contributed by atoms with Gasteiger partial charge in [-0.1, -0.05) is 0 Å². The molecule has 2 aromatic carbocycles. The SMILES string of the molecule is O=S1(=O)Nc2ccc(O)cc2C1=Cc1c[nH]c2ccc(O)cc12. The van der Waals surface area contributed by atoms with Crippen molar-refractivity contribution in [1.29, 1.82) is 0 Å². The van der Waals surface area contributed by atoms with E-state index in [1.807, 2.05) is 0 Å². The van der Waals surface area contributed by atoms with Gasteiger partial charge in [-0.15, -0.1) is 0 Å². The van der Waals surface area contributed by atoms with Gasteiger partial charge < -0.3 is 15.2 Å². The smallest absolute Gasteiger partial charge is 0.262 e. The molecule has 23 heavy (non-hydrogen) atoms. The Morgan fingerprint density at radius 2 is 1.74 bits per heavy atom. The minimum Gasteiger partial charge on any atom is -0.508 e. The molecule has 3 aromatic rings. The van der Waals surface area contributed by atoms with E-state index in [-0.39, 0.29) is 16.4 Å². The van der Waals surface area contributed by atoms with Gasteiger partial charge in [0.05, 0.1) is 10.6 Å². The molecular weight excluding hydrogens is 316 g/mol. The molecule has 1 aromatic heterocycles. The Labute approximate surface area is 131 Å². The second kappa shape index (κ2) is 4.53. The molecule has 1 aliphatic heterocycles. The Morgan fingerprint density at radius 3 is 2.57 bits per heavy atom. The minimum absolute atomic E-state index is 0.00915. The van der Waals surface area contributed by atoms with Gasteiger partial charge in [0.25, 0.3) is 10.0 Å². The normalized spacial score (nSPS) is 17.3. The summed E-state index contributed by atoms with van der Waals surface area (Å²) in [5, 5.41) is 20.0. The van der Waals surface area contributed by atoms with E-state index in [2.05, 4.69) is 9.71 Å². The van der Waals surface area contributed by atoms with Crippen molar-refractivity contribution in [2.24, 2.45) is 0 Å². The highest BCUT2D eigenvalue weighted by Gasteiger charge is 2.30. The van der Waals surface area contributed by atoms with Crippen LogP contribution >= 0.6 is 0 Å². The van der Waals surface area contributed by atoms with Crippen molar-refractivity contribution in [3.05, 3.63) is 53.7 Å². The fourth-order valence-corrected chi connectivity index (χ4v) is 4.03. The van der Waals surface area contributed by atoms with E-state index < -0.39 is 10.0 Å². The van der Waals surface area contributed by atoms with E-state index in [4.69, 9.17) is 0 Å². The quantitative estimate of drug-likeness (QED) is 0.516. The van der Waals surface area contributed by atoms with Crippen LogP contribution in [-0.4, -0.2) is 23.6 Å². The number of H-pyrrole nitrogens is 1. The van der Waals surface area contributed by atoms with Crippen molar-refractivity contribution in [3.63, 3.8) is 0 Å². The van der Waals surface area contributed by atoms with E-state index in [0.29, 0.717) is 22.2 Å². The van der Waals surface area contributed by atoms with Crippen molar-refractivity contribution < 1.29 is 18.6 Å². The second-order valence-corrected chi connectivity index (χ2v) is 6.97. The molecule has 2 heterocycles. The molecule has 6 nitrogen and oxygen atoms in total. The number of aromatic amines is 1. The molecule has 0 spiro atoms. The van der Waals surface area contributed by atoms with E-state index >= 15 is 0 Å². The number of aromatic hydroxyl groups is 2. The number of nitrogens with one attached hydrogen (secondary N) is 2. The van der Waals surface area contributed by atoms with Crippen molar-refractivity contribution in [2.75, 3.05) is 4.72 Å².